The number of carbonyl (C=O) groups excluding carboxylic acids is 1. The molecular formula is C17H18ClNO3. The summed E-state index contributed by atoms with van der Waals surface area (Å²) in [4.78, 5) is 11.9. The second kappa shape index (κ2) is 7.29. The number of ether oxygens (including phenoxy) is 2. The van der Waals surface area contributed by atoms with Crippen molar-refractivity contribution in [1.82, 2.24) is 0 Å². The first-order valence-corrected chi connectivity index (χ1v) is 7.16. The number of hydrogen-bond acceptors (Lipinski definition) is 4. The Hall–Kier alpha value is -2.04. The summed E-state index contributed by atoms with van der Waals surface area (Å²) in [6.07, 6.45) is 0. The van der Waals surface area contributed by atoms with E-state index in [1.54, 1.807) is 6.07 Å². The SMILES string of the molecule is COCOc1c(C(C)=O)cc(C)cc1N(Cl)c1ccccc1. The molecule has 2 aromatic rings. The molecule has 0 aliphatic rings. The molecule has 2 rings (SSSR count). The normalized spacial score (nSPS) is 10.4. The van der Waals surface area contributed by atoms with Crippen LogP contribution < -0.4 is 9.16 Å². The molecule has 0 fully saturated rings. The Kier molecular flexibility index (Phi) is 5.41. The van der Waals surface area contributed by atoms with Crippen molar-refractivity contribution >= 4 is 28.9 Å². The summed E-state index contributed by atoms with van der Waals surface area (Å²) in [5, 5.41) is 0. The maximum Gasteiger partial charge on any atom is 0.188 e. The van der Waals surface area contributed by atoms with Gasteiger partial charge in [-0.1, -0.05) is 18.2 Å². The second-order valence-electron chi connectivity index (χ2n) is 4.88. The summed E-state index contributed by atoms with van der Waals surface area (Å²) < 4.78 is 12.0. The van der Waals surface area contributed by atoms with Gasteiger partial charge in [-0.3, -0.25) is 4.79 Å². The van der Waals surface area contributed by atoms with Crippen molar-refractivity contribution in [2.75, 3.05) is 18.3 Å². The first-order chi connectivity index (χ1) is 10.5. The van der Waals surface area contributed by atoms with E-state index in [-0.39, 0.29) is 12.6 Å². The number of hydrogen-bond donors (Lipinski definition) is 0. The van der Waals surface area contributed by atoms with Gasteiger partial charge in [0, 0.05) is 18.9 Å². The van der Waals surface area contributed by atoms with E-state index in [4.69, 9.17) is 21.3 Å². The van der Waals surface area contributed by atoms with Crippen LogP contribution in [0.25, 0.3) is 0 Å². The summed E-state index contributed by atoms with van der Waals surface area (Å²) in [6, 6.07) is 13.1. The molecule has 0 bridgehead atoms. The minimum Gasteiger partial charge on any atom is -0.465 e. The van der Waals surface area contributed by atoms with E-state index in [9.17, 15) is 4.79 Å². The van der Waals surface area contributed by atoms with E-state index < -0.39 is 0 Å². The minimum atomic E-state index is -0.0887. The highest BCUT2D eigenvalue weighted by atomic mass is 35.5. The zero-order chi connectivity index (χ0) is 16.1. The van der Waals surface area contributed by atoms with Crippen molar-refractivity contribution in [2.45, 2.75) is 13.8 Å². The third-order valence-corrected chi connectivity index (χ3v) is 3.49. The molecule has 0 amide bonds. The van der Waals surface area contributed by atoms with E-state index in [0.717, 1.165) is 11.3 Å². The Labute approximate surface area is 135 Å². The third-order valence-electron chi connectivity index (χ3n) is 3.11. The molecule has 0 unspecified atom stereocenters. The predicted molar refractivity (Wildman–Crippen MR) is 88.1 cm³/mol. The summed E-state index contributed by atoms with van der Waals surface area (Å²) in [6.45, 7) is 3.45. The molecule has 0 spiro atoms. The molecular weight excluding hydrogens is 302 g/mol. The number of benzene rings is 2. The van der Waals surface area contributed by atoms with Gasteiger partial charge in [-0.25, -0.2) is 4.42 Å². The molecule has 0 radical (unpaired) electrons. The van der Waals surface area contributed by atoms with Gasteiger partial charge in [-0.05, 0) is 43.7 Å². The summed E-state index contributed by atoms with van der Waals surface area (Å²) in [5.74, 6) is 0.327. The number of carbonyl (C=O) groups is 1. The summed E-state index contributed by atoms with van der Waals surface area (Å²) in [5.41, 5.74) is 2.79. The lowest BCUT2D eigenvalue weighted by Gasteiger charge is -2.22. The van der Waals surface area contributed by atoms with Gasteiger partial charge in [0.2, 0.25) is 0 Å². The number of methoxy groups -OCH3 is 1. The van der Waals surface area contributed by atoms with Gasteiger partial charge in [-0.2, -0.15) is 0 Å². The number of Topliss-reactive ketones (excluding diaryl/α,β-unsaturated/α-hetero) is 1. The number of ketones is 1. The van der Waals surface area contributed by atoms with Crippen LogP contribution >= 0.6 is 11.8 Å². The molecule has 0 N–H and O–H groups in total. The quantitative estimate of drug-likeness (QED) is 0.447. The molecule has 0 aliphatic carbocycles. The molecule has 0 aliphatic heterocycles. The van der Waals surface area contributed by atoms with Crippen LogP contribution in [0.4, 0.5) is 11.4 Å². The van der Waals surface area contributed by atoms with E-state index >= 15 is 0 Å². The van der Waals surface area contributed by atoms with Gasteiger partial charge in [0.05, 0.1) is 11.3 Å². The van der Waals surface area contributed by atoms with E-state index in [2.05, 4.69) is 0 Å². The van der Waals surface area contributed by atoms with E-state index in [1.807, 2.05) is 43.3 Å². The van der Waals surface area contributed by atoms with Crippen LogP contribution in [-0.4, -0.2) is 19.7 Å². The fraction of sp³-hybridized carbons (Fsp3) is 0.235. The van der Waals surface area contributed by atoms with Gasteiger partial charge in [0.1, 0.15) is 5.69 Å². The van der Waals surface area contributed by atoms with Crippen molar-refractivity contribution in [3.05, 3.63) is 53.6 Å². The zero-order valence-electron chi connectivity index (χ0n) is 12.8. The van der Waals surface area contributed by atoms with Crippen molar-refractivity contribution < 1.29 is 14.3 Å². The Balaban J connectivity index is 2.55. The summed E-state index contributed by atoms with van der Waals surface area (Å²) >= 11 is 6.47. The van der Waals surface area contributed by atoms with Crippen LogP contribution in [0.2, 0.25) is 0 Å². The highest BCUT2D eigenvalue weighted by Gasteiger charge is 2.19. The molecule has 0 aromatic heterocycles. The molecule has 4 nitrogen and oxygen atoms in total. The number of anilines is 2. The zero-order valence-corrected chi connectivity index (χ0v) is 13.6. The molecule has 116 valence electrons. The number of rotatable bonds is 6. The smallest absolute Gasteiger partial charge is 0.188 e. The highest BCUT2D eigenvalue weighted by molar-refractivity contribution is 6.30. The van der Waals surface area contributed by atoms with Gasteiger partial charge in [0.15, 0.2) is 18.3 Å². The van der Waals surface area contributed by atoms with Crippen LogP contribution in [-0.2, 0) is 4.74 Å². The number of halogens is 1. The number of para-hydroxylation sites is 1. The van der Waals surface area contributed by atoms with Crippen molar-refractivity contribution in [3.8, 4) is 5.75 Å². The van der Waals surface area contributed by atoms with Crippen LogP contribution in [0.15, 0.2) is 42.5 Å². The lowest BCUT2D eigenvalue weighted by molar-refractivity contribution is 0.0507. The van der Waals surface area contributed by atoms with E-state index in [0.29, 0.717) is 17.0 Å². The number of nitrogens with zero attached hydrogens (tertiary/aromatic N) is 1. The van der Waals surface area contributed by atoms with E-state index in [1.165, 1.54) is 18.5 Å². The average molecular weight is 320 g/mol. The molecule has 0 saturated carbocycles. The van der Waals surface area contributed by atoms with Gasteiger partial charge < -0.3 is 9.47 Å². The largest absolute Gasteiger partial charge is 0.465 e. The molecule has 22 heavy (non-hydrogen) atoms. The minimum absolute atomic E-state index is 0.0376. The highest BCUT2D eigenvalue weighted by Crippen LogP contribution is 2.39. The van der Waals surface area contributed by atoms with Crippen molar-refractivity contribution in [1.29, 1.82) is 0 Å². The Morgan fingerprint density at radius 2 is 1.91 bits per heavy atom. The van der Waals surface area contributed by atoms with Crippen LogP contribution in [0.5, 0.6) is 5.75 Å². The second-order valence-corrected chi connectivity index (χ2v) is 5.22. The molecule has 0 atom stereocenters. The Bertz CT molecular complexity index is 658. The van der Waals surface area contributed by atoms with Gasteiger partial charge >= 0.3 is 0 Å². The van der Waals surface area contributed by atoms with Gasteiger partial charge in [-0.15, -0.1) is 0 Å². The fourth-order valence-electron chi connectivity index (χ4n) is 2.13. The molecule has 5 heteroatoms. The molecule has 0 heterocycles. The lowest BCUT2D eigenvalue weighted by Crippen LogP contribution is -2.11. The maximum atomic E-state index is 11.9. The maximum absolute atomic E-state index is 11.9. The molecule has 2 aromatic carbocycles. The Morgan fingerprint density at radius 1 is 1.23 bits per heavy atom. The predicted octanol–water partition coefficient (Wildman–Crippen LogP) is 4.47. The Morgan fingerprint density at radius 3 is 2.50 bits per heavy atom. The first kappa shape index (κ1) is 16.3. The van der Waals surface area contributed by atoms with Crippen molar-refractivity contribution in [3.63, 3.8) is 0 Å². The monoisotopic (exact) mass is 319 g/mol. The third kappa shape index (κ3) is 3.59. The number of aryl methyl sites for hydroxylation is 1. The van der Waals surface area contributed by atoms with Gasteiger partial charge in [0.25, 0.3) is 0 Å². The fourth-order valence-corrected chi connectivity index (χ4v) is 2.37. The first-order valence-electron chi connectivity index (χ1n) is 6.83. The average Bonchev–Trinajstić information content (AvgIpc) is 2.53. The van der Waals surface area contributed by atoms with Crippen molar-refractivity contribution in [2.24, 2.45) is 0 Å². The standard InChI is InChI=1S/C17H18ClNO3/c1-12-9-15(13(2)20)17(22-11-21-3)16(10-12)19(18)14-7-5-4-6-8-14/h4-10H,11H2,1-3H3. The van der Waals surface area contributed by atoms with Crippen LogP contribution in [0.1, 0.15) is 22.8 Å². The summed E-state index contributed by atoms with van der Waals surface area (Å²) in [7, 11) is 1.52. The van der Waals surface area contributed by atoms with Crippen LogP contribution in [0.3, 0.4) is 0 Å². The topological polar surface area (TPSA) is 38.8 Å². The van der Waals surface area contributed by atoms with Crippen LogP contribution in [0, 0.1) is 6.92 Å². The lowest BCUT2D eigenvalue weighted by atomic mass is 10.1. The molecule has 0 saturated heterocycles.